The number of ether oxygens (including phenoxy) is 1. The first-order valence-corrected chi connectivity index (χ1v) is 10.5. The molecule has 2 N–H and O–H groups in total. The van der Waals surface area contributed by atoms with Gasteiger partial charge in [-0.1, -0.05) is 31.4 Å². The van der Waals surface area contributed by atoms with Crippen molar-refractivity contribution in [2.45, 2.75) is 51.0 Å². The smallest absolute Gasteiger partial charge is 0.190 e. The molecular formula is C22H34IN5O. The lowest BCUT2D eigenvalue weighted by molar-refractivity contribution is 0.0277. The van der Waals surface area contributed by atoms with Crippen molar-refractivity contribution in [3.63, 3.8) is 0 Å². The van der Waals surface area contributed by atoms with Gasteiger partial charge >= 0.3 is 0 Å². The highest BCUT2D eigenvalue weighted by molar-refractivity contribution is 14.0. The molecule has 0 radical (unpaired) electrons. The highest BCUT2D eigenvalue weighted by atomic mass is 127. The average Bonchev–Trinajstić information content (AvgIpc) is 3.28. The number of aliphatic imine (C=N–C) groups is 1. The Labute approximate surface area is 191 Å². The van der Waals surface area contributed by atoms with Crippen LogP contribution < -0.4 is 10.6 Å². The molecule has 0 bridgehead atoms. The van der Waals surface area contributed by atoms with Crippen LogP contribution in [-0.2, 0) is 11.2 Å². The van der Waals surface area contributed by atoms with Gasteiger partial charge < -0.3 is 15.4 Å². The van der Waals surface area contributed by atoms with E-state index in [2.05, 4.69) is 45.0 Å². The molecule has 29 heavy (non-hydrogen) atoms. The largest absolute Gasteiger partial charge is 0.378 e. The van der Waals surface area contributed by atoms with Crippen LogP contribution >= 0.6 is 24.0 Å². The summed E-state index contributed by atoms with van der Waals surface area (Å²) in [5, 5.41) is 11.0. The van der Waals surface area contributed by atoms with E-state index in [9.17, 15) is 0 Å². The van der Waals surface area contributed by atoms with Crippen LogP contribution in [0.4, 0.5) is 0 Å². The summed E-state index contributed by atoms with van der Waals surface area (Å²) in [6, 6.07) is 10.4. The summed E-state index contributed by atoms with van der Waals surface area (Å²) >= 11 is 0. The molecule has 0 amide bonds. The van der Waals surface area contributed by atoms with Gasteiger partial charge in [0, 0.05) is 39.1 Å². The van der Waals surface area contributed by atoms with E-state index in [0.29, 0.717) is 6.10 Å². The third-order valence-corrected chi connectivity index (χ3v) is 5.15. The molecule has 1 fully saturated rings. The van der Waals surface area contributed by atoms with Gasteiger partial charge in [-0.2, -0.15) is 5.10 Å². The molecule has 0 unspecified atom stereocenters. The van der Waals surface area contributed by atoms with Gasteiger partial charge in [0.1, 0.15) is 0 Å². The molecule has 7 heteroatoms. The van der Waals surface area contributed by atoms with E-state index in [-0.39, 0.29) is 24.0 Å². The molecule has 0 spiro atoms. The highest BCUT2D eigenvalue weighted by Gasteiger charge is 2.12. The molecule has 160 valence electrons. The van der Waals surface area contributed by atoms with Gasteiger partial charge in [-0.25, -0.2) is 4.68 Å². The lowest BCUT2D eigenvalue weighted by Crippen LogP contribution is -2.39. The first kappa shape index (κ1) is 23.7. The average molecular weight is 511 g/mol. The van der Waals surface area contributed by atoms with E-state index >= 15 is 0 Å². The summed E-state index contributed by atoms with van der Waals surface area (Å²) in [4.78, 5) is 4.30. The number of rotatable bonds is 9. The van der Waals surface area contributed by atoms with Crippen LogP contribution in [0.2, 0.25) is 0 Å². The van der Waals surface area contributed by atoms with Gasteiger partial charge in [0.05, 0.1) is 11.8 Å². The minimum absolute atomic E-state index is 0. The second kappa shape index (κ2) is 13.6. The second-order valence-corrected chi connectivity index (χ2v) is 7.28. The summed E-state index contributed by atoms with van der Waals surface area (Å²) in [5.74, 6) is 0.853. The van der Waals surface area contributed by atoms with Crippen molar-refractivity contribution < 1.29 is 4.74 Å². The first-order valence-electron chi connectivity index (χ1n) is 10.5. The summed E-state index contributed by atoms with van der Waals surface area (Å²) in [6.45, 7) is 2.56. The zero-order valence-corrected chi connectivity index (χ0v) is 19.7. The van der Waals surface area contributed by atoms with Crippen molar-refractivity contribution in [1.29, 1.82) is 0 Å². The molecule has 1 heterocycles. The van der Waals surface area contributed by atoms with Crippen LogP contribution in [0.1, 0.15) is 44.1 Å². The van der Waals surface area contributed by atoms with Crippen LogP contribution in [0.25, 0.3) is 5.69 Å². The highest BCUT2D eigenvalue weighted by Crippen LogP contribution is 2.20. The monoisotopic (exact) mass is 511 g/mol. The van der Waals surface area contributed by atoms with Crippen LogP contribution in [0.15, 0.2) is 47.7 Å². The molecule has 1 aliphatic rings. The Morgan fingerprint density at radius 3 is 2.59 bits per heavy atom. The summed E-state index contributed by atoms with van der Waals surface area (Å²) in [5.41, 5.74) is 2.37. The lowest BCUT2D eigenvalue weighted by atomic mass is 9.98. The number of hydrogen-bond donors (Lipinski definition) is 2. The molecule has 1 saturated carbocycles. The molecule has 0 atom stereocenters. The zero-order valence-electron chi connectivity index (χ0n) is 17.3. The minimum Gasteiger partial charge on any atom is -0.378 e. The van der Waals surface area contributed by atoms with Crippen molar-refractivity contribution in [1.82, 2.24) is 20.4 Å². The maximum atomic E-state index is 5.97. The Morgan fingerprint density at radius 2 is 1.90 bits per heavy atom. The van der Waals surface area contributed by atoms with E-state index in [0.717, 1.165) is 44.2 Å². The van der Waals surface area contributed by atoms with Crippen molar-refractivity contribution in [2.24, 2.45) is 4.99 Å². The van der Waals surface area contributed by atoms with E-state index < -0.39 is 0 Å². The summed E-state index contributed by atoms with van der Waals surface area (Å²) in [6.07, 6.45) is 12.7. The maximum Gasteiger partial charge on any atom is 0.190 e. The fourth-order valence-electron chi connectivity index (χ4n) is 3.54. The fourth-order valence-corrected chi connectivity index (χ4v) is 3.54. The Balaban J connectivity index is 0.00000300. The van der Waals surface area contributed by atoms with Gasteiger partial charge in [-0.15, -0.1) is 24.0 Å². The first-order chi connectivity index (χ1) is 13.8. The zero-order chi connectivity index (χ0) is 19.4. The van der Waals surface area contributed by atoms with Crippen molar-refractivity contribution in [3.8, 4) is 5.69 Å². The quantitative estimate of drug-likeness (QED) is 0.232. The topological polar surface area (TPSA) is 63.5 Å². The standard InChI is InChI=1S/C22H33N5O.HI/c1-23-22(24-14-6-18-28-21-7-3-2-4-8-21)25-16-13-19-9-11-20(12-10-19)27-17-5-15-26-27;/h5,9-12,15,17,21H,2-4,6-8,13-14,16,18H2,1H3,(H2,23,24,25);1H. The predicted molar refractivity (Wildman–Crippen MR) is 129 cm³/mol. The van der Waals surface area contributed by atoms with Crippen LogP contribution in [-0.4, -0.2) is 48.6 Å². The summed E-state index contributed by atoms with van der Waals surface area (Å²) < 4.78 is 7.83. The van der Waals surface area contributed by atoms with Crippen molar-refractivity contribution in [2.75, 3.05) is 26.7 Å². The molecule has 0 saturated heterocycles. The van der Waals surface area contributed by atoms with Gasteiger partial charge in [-0.05, 0) is 49.4 Å². The van der Waals surface area contributed by atoms with Gasteiger partial charge in [0.25, 0.3) is 0 Å². The van der Waals surface area contributed by atoms with Crippen molar-refractivity contribution >= 4 is 29.9 Å². The molecular weight excluding hydrogens is 477 g/mol. The van der Waals surface area contributed by atoms with E-state index in [1.54, 1.807) is 6.20 Å². The van der Waals surface area contributed by atoms with E-state index in [1.807, 2.05) is 24.0 Å². The number of benzene rings is 1. The summed E-state index contributed by atoms with van der Waals surface area (Å²) in [7, 11) is 1.81. The second-order valence-electron chi connectivity index (χ2n) is 7.28. The third-order valence-electron chi connectivity index (χ3n) is 5.15. The maximum absolute atomic E-state index is 5.97. The van der Waals surface area contributed by atoms with Gasteiger partial charge in [0.2, 0.25) is 0 Å². The number of guanidine groups is 1. The number of halogens is 1. The van der Waals surface area contributed by atoms with Crippen molar-refractivity contribution in [3.05, 3.63) is 48.3 Å². The molecule has 1 aromatic heterocycles. The number of hydrogen-bond acceptors (Lipinski definition) is 3. The van der Waals surface area contributed by atoms with Gasteiger partial charge in [0.15, 0.2) is 5.96 Å². The molecule has 1 aliphatic carbocycles. The molecule has 3 rings (SSSR count). The normalized spacial score (nSPS) is 15.0. The molecule has 1 aromatic carbocycles. The molecule has 2 aromatic rings. The number of nitrogens with one attached hydrogen (secondary N) is 2. The Hall–Kier alpha value is -1.61. The Morgan fingerprint density at radius 1 is 1.14 bits per heavy atom. The van der Waals surface area contributed by atoms with Crippen LogP contribution in [0, 0.1) is 0 Å². The Kier molecular flexibility index (Phi) is 11.1. The lowest BCUT2D eigenvalue weighted by Gasteiger charge is -2.22. The minimum atomic E-state index is 0. The number of aromatic nitrogens is 2. The van der Waals surface area contributed by atoms with Crippen LogP contribution in [0.3, 0.4) is 0 Å². The SMILES string of the molecule is CN=C(NCCCOC1CCCCC1)NCCc1ccc(-n2cccn2)cc1.I. The van der Waals surface area contributed by atoms with Crippen LogP contribution in [0.5, 0.6) is 0 Å². The Bertz CT molecular complexity index is 697. The predicted octanol–water partition coefficient (Wildman–Crippen LogP) is 3.94. The molecule has 6 nitrogen and oxygen atoms in total. The van der Waals surface area contributed by atoms with E-state index in [4.69, 9.17) is 4.74 Å². The van der Waals surface area contributed by atoms with Gasteiger partial charge in [-0.3, -0.25) is 4.99 Å². The van der Waals surface area contributed by atoms with E-state index in [1.165, 1.54) is 37.7 Å². The fraction of sp³-hybridized carbons (Fsp3) is 0.545. The molecule has 0 aliphatic heterocycles. The third kappa shape index (κ3) is 8.34. The number of nitrogens with zero attached hydrogens (tertiary/aromatic N) is 3.